The number of allylic oxidation sites excluding steroid dienone is 4. The zero-order chi connectivity index (χ0) is 70.5. The summed E-state index contributed by atoms with van der Waals surface area (Å²) in [5, 5.41) is 10.6. The Kier molecular flexibility index (Phi) is 67.8. The number of aliphatic hydroxyl groups is 1. The van der Waals surface area contributed by atoms with E-state index in [4.69, 9.17) is 37.0 Å². The molecule has 2 unspecified atom stereocenters. The zero-order valence-corrected chi connectivity index (χ0v) is 63.8. The Labute approximate surface area is 586 Å². The van der Waals surface area contributed by atoms with E-state index in [0.29, 0.717) is 25.7 Å². The summed E-state index contributed by atoms with van der Waals surface area (Å²) in [6, 6.07) is 0. The van der Waals surface area contributed by atoms with Crippen LogP contribution in [0.25, 0.3) is 0 Å². The number of hydrogen-bond donors (Lipinski definition) is 3. The summed E-state index contributed by atoms with van der Waals surface area (Å²) in [6.45, 7) is 7.17. The van der Waals surface area contributed by atoms with Gasteiger partial charge in [0, 0.05) is 25.7 Å². The van der Waals surface area contributed by atoms with Crippen molar-refractivity contribution < 1.29 is 80.2 Å². The molecule has 566 valence electrons. The van der Waals surface area contributed by atoms with Crippen molar-refractivity contribution in [1.82, 2.24) is 0 Å². The predicted octanol–water partition coefficient (Wildman–Crippen LogP) is 22.4. The summed E-state index contributed by atoms with van der Waals surface area (Å²) < 4.78 is 68.3. The quantitative estimate of drug-likeness (QED) is 0.0169. The summed E-state index contributed by atoms with van der Waals surface area (Å²) in [4.78, 5) is 72.5. The van der Waals surface area contributed by atoms with E-state index < -0.39 is 97.5 Å². The molecule has 0 aliphatic heterocycles. The molecule has 0 aromatic carbocycles. The molecule has 0 bridgehead atoms. The van der Waals surface area contributed by atoms with E-state index in [9.17, 15) is 43.2 Å². The van der Waals surface area contributed by atoms with E-state index >= 15 is 0 Å². The highest BCUT2D eigenvalue weighted by molar-refractivity contribution is 7.47. The molecular formula is C77H146O17P2. The van der Waals surface area contributed by atoms with Crippen LogP contribution in [0.4, 0.5) is 0 Å². The topological polar surface area (TPSA) is 237 Å². The van der Waals surface area contributed by atoms with Crippen LogP contribution < -0.4 is 0 Å². The van der Waals surface area contributed by atoms with Crippen molar-refractivity contribution in [3.05, 3.63) is 24.3 Å². The molecule has 5 atom stereocenters. The molecule has 0 aliphatic carbocycles. The highest BCUT2D eigenvalue weighted by Gasteiger charge is 2.30. The van der Waals surface area contributed by atoms with Crippen molar-refractivity contribution >= 4 is 39.5 Å². The average Bonchev–Trinajstić information content (AvgIpc) is 1.15. The van der Waals surface area contributed by atoms with Crippen molar-refractivity contribution in [2.24, 2.45) is 5.92 Å². The van der Waals surface area contributed by atoms with Crippen molar-refractivity contribution in [3.8, 4) is 0 Å². The minimum atomic E-state index is -4.96. The monoisotopic (exact) mass is 1410 g/mol. The SMILES string of the molecule is CCCCCC/C=C\C=C/CCCCCCCC(=O)O[C@H](COC(=O)CCCCCCC)COP(=O)(O)OC[C@H](O)COP(=O)(O)OC[C@@H](COC(=O)CCCCCCCCCCCCCCCCCCCC)OC(=O)CCCCCCCCCCCCCCCCCC(C)C. The average molecular weight is 1410 g/mol. The Bertz CT molecular complexity index is 1930. The Morgan fingerprint density at radius 3 is 0.854 bits per heavy atom. The van der Waals surface area contributed by atoms with Gasteiger partial charge in [-0.1, -0.05) is 329 Å². The number of carbonyl (C=O) groups is 4. The Hall–Kier alpha value is -2.46. The van der Waals surface area contributed by atoms with Gasteiger partial charge in [0.05, 0.1) is 26.4 Å². The first-order chi connectivity index (χ1) is 46.5. The highest BCUT2D eigenvalue weighted by Crippen LogP contribution is 2.45. The van der Waals surface area contributed by atoms with Gasteiger partial charge in [-0.05, 0) is 57.3 Å². The molecule has 0 heterocycles. The van der Waals surface area contributed by atoms with Crippen molar-refractivity contribution in [2.75, 3.05) is 39.6 Å². The van der Waals surface area contributed by atoms with Crippen LogP contribution in [-0.4, -0.2) is 96.7 Å². The maximum atomic E-state index is 13.1. The zero-order valence-electron chi connectivity index (χ0n) is 62.0. The number of rotatable bonds is 75. The number of aliphatic hydroxyl groups excluding tert-OH is 1. The summed E-state index contributed by atoms with van der Waals surface area (Å²) in [6.07, 6.45) is 62.3. The van der Waals surface area contributed by atoms with Crippen LogP contribution in [0.2, 0.25) is 0 Å². The first-order valence-electron chi connectivity index (χ1n) is 39.5. The third-order valence-electron chi connectivity index (χ3n) is 17.4. The summed E-state index contributed by atoms with van der Waals surface area (Å²) >= 11 is 0. The number of hydrogen-bond acceptors (Lipinski definition) is 15. The van der Waals surface area contributed by atoms with Gasteiger partial charge in [0.2, 0.25) is 0 Å². The Morgan fingerprint density at radius 1 is 0.323 bits per heavy atom. The van der Waals surface area contributed by atoms with E-state index in [2.05, 4.69) is 58.9 Å². The number of unbranched alkanes of at least 4 members (excludes halogenated alkanes) is 44. The van der Waals surface area contributed by atoms with Crippen LogP contribution in [0.5, 0.6) is 0 Å². The van der Waals surface area contributed by atoms with E-state index in [1.807, 2.05) is 0 Å². The number of carbonyl (C=O) groups excluding carboxylic acids is 4. The molecule has 0 aromatic rings. The lowest BCUT2D eigenvalue weighted by Crippen LogP contribution is -2.30. The first-order valence-corrected chi connectivity index (χ1v) is 42.4. The fourth-order valence-electron chi connectivity index (χ4n) is 11.3. The van der Waals surface area contributed by atoms with Gasteiger partial charge in [-0.3, -0.25) is 37.3 Å². The van der Waals surface area contributed by atoms with E-state index in [1.165, 1.54) is 186 Å². The van der Waals surface area contributed by atoms with Crippen LogP contribution in [0, 0.1) is 5.92 Å². The van der Waals surface area contributed by atoms with Gasteiger partial charge in [0.15, 0.2) is 12.2 Å². The smallest absolute Gasteiger partial charge is 0.462 e. The van der Waals surface area contributed by atoms with Crippen molar-refractivity contribution in [1.29, 1.82) is 0 Å². The van der Waals surface area contributed by atoms with E-state index in [1.54, 1.807) is 0 Å². The van der Waals surface area contributed by atoms with Crippen LogP contribution >= 0.6 is 15.6 Å². The van der Waals surface area contributed by atoms with Gasteiger partial charge in [0.1, 0.15) is 19.3 Å². The molecule has 3 N–H and O–H groups in total. The number of phosphoric acid groups is 2. The summed E-state index contributed by atoms with van der Waals surface area (Å²) in [7, 11) is -9.91. The maximum Gasteiger partial charge on any atom is 0.472 e. The van der Waals surface area contributed by atoms with Crippen LogP contribution in [0.1, 0.15) is 381 Å². The molecule has 0 rings (SSSR count). The molecule has 0 aromatic heterocycles. The number of phosphoric ester groups is 2. The predicted molar refractivity (Wildman–Crippen MR) is 391 cm³/mol. The van der Waals surface area contributed by atoms with E-state index in [0.717, 1.165) is 115 Å². The molecule has 19 heteroatoms. The lowest BCUT2D eigenvalue weighted by molar-refractivity contribution is -0.161. The minimum absolute atomic E-state index is 0.0844. The third kappa shape index (κ3) is 70.0. The summed E-state index contributed by atoms with van der Waals surface area (Å²) in [5.74, 6) is -1.35. The molecule has 0 aliphatic rings. The minimum Gasteiger partial charge on any atom is -0.462 e. The van der Waals surface area contributed by atoms with Gasteiger partial charge < -0.3 is 33.8 Å². The highest BCUT2D eigenvalue weighted by atomic mass is 31.2. The number of ether oxygens (including phenoxy) is 4. The summed E-state index contributed by atoms with van der Waals surface area (Å²) in [5.41, 5.74) is 0. The third-order valence-corrected chi connectivity index (χ3v) is 19.3. The molecule has 0 saturated carbocycles. The van der Waals surface area contributed by atoms with Gasteiger partial charge in [-0.25, -0.2) is 9.13 Å². The molecule has 0 spiro atoms. The van der Waals surface area contributed by atoms with Crippen LogP contribution in [0.3, 0.4) is 0 Å². The fourth-order valence-corrected chi connectivity index (χ4v) is 12.9. The van der Waals surface area contributed by atoms with Gasteiger partial charge in [-0.2, -0.15) is 0 Å². The van der Waals surface area contributed by atoms with Crippen LogP contribution in [-0.2, 0) is 65.4 Å². The second kappa shape index (κ2) is 69.6. The number of esters is 4. The lowest BCUT2D eigenvalue weighted by atomic mass is 10.0. The Balaban J connectivity index is 5.17. The van der Waals surface area contributed by atoms with Gasteiger partial charge in [0.25, 0.3) is 0 Å². The van der Waals surface area contributed by atoms with Gasteiger partial charge in [-0.15, -0.1) is 0 Å². The molecule has 0 amide bonds. The molecule has 0 saturated heterocycles. The first kappa shape index (κ1) is 93.5. The molecule has 96 heavy (non-hydrogen) atoms. The lowest BCUT2D eigenvalue weighted by Gasteiger charge is -2.21. The fraction of sp³-hybridized carbons (Fsp3) is 0.896. The van der Waals surface area contributed by atoms with E-state index in [-0.39, 0.29) is 25.7 Å². The molecular weight excluding hydrogens is 1260 g/mol. The Morgan fingerprint density at radius 2 is 0.562 bits per heavy atom. The van der Waals surface area contributed by atoms with Gasteiger partial charge >= 0.3 is 39.5 Å². The maximum absolute atomic E-state index is 13.1. The standard InChI is InChI=1S/C77H146O17P2/c1-6-9-12-15-17-19-21-23-25-26-27-31-34-38-42-46-51-56-61-75(80)88-67-73(94-77(82)63-58-53-48-44-40-36-32-28-30-33-37-41-45-50-54-59-70(4)5)69-92-96(85,86)90-65-71(78)64-89-95(83,84)91-68-72(66-87-74(79)60-55-49-14-11-8-3)93-76(81)62-57-52-47-43-39-35-29-24-22-20-18-16-13-10-7-2/h20,22,24,29,70-73,78H,6-19,21,23,25-28,30-69H2,1-5H3,(H,83,84)(H,85,86)/b22-20-,29-24-/t71-,72+,73+/m0/s1. The van der Waals surface area contributed by atoms with Crippen molar-refractivity contribution in [2.45, 2.75) is 400 Å². The molecule has 0 fully saturated rings. The van der Waals surface area contributed by atoms with Crippen LogP contribution in [0.15, 0.2) is 24.3 Å². The molecule has 0 radical (unpaired) electrons. The second-order valence-electron chi connectivity index (χ2n) is 27.5. The van der Waals surface area contributed by atoms with Crippen molar-refractivity contribution in [3.63, 3.8) is 0 Å². The largest absolute Gasteiger partial charge is 0.472 e. The molecule has 17 nitrogen and oxygen atoms in total. The second-order valence-corrected chi connectivity index (χ2v) is 30.4. The normalized spacial score (nSPS) is 14.1.